The zero-order valence-corrected chi connectivity index (χ0v) is 12.7. The molecule has 1 aromatic rings. The summed E-state index contributed by atoms with van der Waals surface area (Å²) >= 11 is 0. The number of nitrogens with zero attached hydrogens (tertiary/aromatic N) is 1. The summed E-state index contributed by atoms with van der Waals surface area (Å²) in [6, 6.07) is 4.92. The van der Waals surface area contributed by atoms with Crippen LogP contribution in [0.15, 0.2) is 18.2 Å². The molecule has 0 heterocycles. The zero-order valence-electron chi connectivity index (χ0n) is 12.7. The minimum Gasteiger partial charge on any atom is -0.493 e. The van der Waals surface area contributed by atoms with Gasteiger partial charge in [-0.05, 0) is 32.9 Å². The highest BCUT2D eigenvalue weighted by Crippen LogP contribution is 2.25. The number of nitrogens with two attached hydrogens (primary N) is 1. The zero-order chi connectivity index (χ0) is 15.8. The lowest BCUT2D eigenvalue weighted by Crippen LogP contribution is -2.34. The highest BCUT2D eigenvalue weighted by molar-refractivity contribution is 5.99. The predicted octanol–water partition coefficient (Wildman–Crippen LogP) is 1.69. The molecule has 0 unspecified atom stereocenters. The molecule has 0 aliphatic heterocycles. The van der Waals surface area contributed by atoms with Gasteiger partial charge in [0.15, 0.2) is 6.61 Å². The fraction of sp³-hybridized carbons (Fsp3) is 0.467. The number of esters is 1. The molecule has 2 N–H and O–H groups in total. The maximum atomic E-state index is 12.1. The van der Waals surface area contributed by atoms with Crippen molar-refractivity contribution in [2.45, 2.75) is 20.8 Å². The van der Waals surface area contributed by atoms with E-state index in [1.54, 1.807) is 23.1 Å². The average Bonchev–Trinajstić information content (AvgIpc) is 2.46. The highest BCUT2D eigenvalue weighted by atomic mass is 16.5. The van der Waals surface area contributed by atoms with Gasteiger partial charge in [-0.15, -0.1) is 0 Å². The first-order valence-corrected chi connectivity index (χ1v) is 7.01. The predicted molar refractivity (Wildman–Crippen MR) is 80.2 cm³/mol. The summed E-state index contributed by atoms with van der Waals surface area (Å²) < 4.78 is 10.4. The Balaban J connectivity index is 2.78. The van der Waals surface area contributed by atoms with E-state index >= 15 is 0 Å². The van der Waals surface area contributed by atoms with Crippen LogP contribution in [0.2, 0.25) is 0 Å². The maximum Gasteiger partial charge on any atom is 0.344 e. The van der Waals surface area contributed by atoms with Crippen LogP contribution in [-0.2, 0) is 9.53 Å². The van der Waals surface area contributed by atoms with Crippen molar-refractivity contribution in [2.24, 2.45) is 0 Å². The first-order valence-electron chi connectivity index (χ1n) is 7.01. The van der Waals surface area contributed by atoms with E-state index in [1.165, 1.54) is 0 Å². The number of carbonyl (C=O) groups is 2. The summed E-state index contributed by atoms with van der Waals surface area (Å²) in [6.07, 6.45) is 0. The number of nitrogen functional groups attached to an aromatic ring is 1. The molecular formula is C15H22N2O4. The Labute approximate surface area is 124 Å². The van der Waals surface area contributed by atoms with Gasteiger partial charge in [-0.2, -0.15) is 0 Å². The lowest BCUT2D eigenvalue weighted by Gasteiger charge is -2.18. The van der Waals surface area contributed by atoms with Crippen LogP contribution in [0.5, 0.6) is 5.75 Å². The summed E-state index contributed by atoms with van der Waals surface area (Å²) in [5.74, 6) is -0.532. The lowest BCUT2D eigenvalue weighted by atomic mass is 10.1. The number of carbonyl (C=O) groups excluding carboxylic acids is 2. The molecular weight excluding hydrogens is 272 g/mol. The molecule has 0 atom stereocenters. The van der Waals surface area contributed by atoms with Crippen molar-refractivity contribution in [1.29, 1.82) is 0 Å². The van der Waals surface area contributed by atoms with E-state index in [1.807, 2.05) is 20.8 Å². The number of amides is 1. The van der Waals surface area contributed by atoms with Gasteiger partial charge in [0.25, 0.3) is 5.91 Å². The Morgan fingerprint density at radius 1 is 1.19 bits per heavy atom. The summed E-state index contributed by atoms with van der Waals surface area (Å²) in [5.41, 5.74) is 6.22. The smallest absolute Gasteiger partial charge is 0.344 e. The van der Waals surface area contributed by atoms with Crippen molar-refractivity contribution in [1.82, 2.24) is 4.90 Å². The number of rotatable bonds is 7. The molecule has 0 spiro atoms. The standard InChI is InChI=1S/C15H22N2O4/c1-4-17(5-2)13(18)10-21-15(19)14-11(16)8-7-9-12(14)20-6-3/h7-9H,4-6,10,16H2,1-3H3. The molecule has 1 amide bonds. The number of hydrogen-bond donors (Lipinski definition) is 1. The van der Waals surface area contributed by atoms with Crippen molar-refractivity contribution in [2.75, 3.05) is 32.0 Å². The lowest BCUT2D eigenvalue weighted by molar-refractivity contribution is -0.134. The third-order valence-electron chi connectivity index (χ3n) is 3.01. The summed E-state index contributed by atoms with van der Waals surface area (Å²) in [5, 5.41) is 0. The minimum atomic E-state index is -0.656. The van der Waals surface area contributed by atoms with E-state index in [2.05, 4.69) is 0 Å². The second-order valence-corrected chi connectivity index (χ2v) is 4.30. The molecule has 0 aromatic heterocycles. The summed E-state index contributed by atoms with van der Waals surface area (Å²) in [6.45, 7) is 6.79. The number of ether oxygens (including phenoxy) is 2. The van der Waals surface area contributed by atoms with E-state index in [0.717, 1.165) is 0 Å². The molecule has 0 saturated carbocycles. The van der Waals surface area contributed by atoms with Crippen LogP contribution < -0.4 is 10.5 Å². The van der Waals surface area contributed by atoms with Gasteiger partial charge in [-0.25, -0.2) is 4.79 Å². The molecule has 116 valence electrons. The molecule has 6 heteroatoms. The molecule has 1 rings (SSSR count). The fourth-order valence-corrected chi connectivity index (χ4v) is 1.91. The van der Waals surface area contributed by atoms with E-state index in [9.17, 15) is 9.59 Å². The third-order valence-corrected chi connectivity index (χ3v) is 3.01. The van der Waals surface area contributed by atoms with Crippen molar-refractivity contribution in [3.05, 3.63) is 23.8 Å². The Bertz CT molecular complexity index is 498. The highest BCUT2D eigenvalue weighted by Gasteiger charge is 2.19. The minimum absolute atomic E-state index is 0.159. The number of hydrogen-bond acceptors (Lipinski definition) is 5. The molecule has 0 aliphatic carbocycles. The van der Waals surface area contributed by atoms with Crippen LogP contribution in [0.1, 0.15) is 31.1 Å². The number of benzene rings is 1. The van der Waals surface area contributed by atoms with Crippen LogP contribution in [0.4, 0.5) is 5.69 Å². The van der Waals surface area contributed by atoms with Gasteiger partial charge in [0.2, 0.25) is 0 Å². The van der Waals surface area contributed by atoms with Crippen molar-refractivity contribution in [3.8, 4) is 5.75 Å². The molecule has 0 aliphatic rings. The van der Waals surface area contributed by atoms with Gasteiger partial charge < -0.3 is 20.1 Å². The SMILES string of the molecule is CCOc1cccc(N)c1C(=O)OCC(=O)N(CC)CC. The van der Waals surface area contributed by atoms with E-state index < -0.39 is 5.97 Å². The van der Waals surface area contributed by atoms with Gasteiger partial charge in [-0.3, -0.25) is 4.79 Å². The van der Waals surface area contributed by atoms with E-state index in [-0.39, 0.29) is 23.8 Å². The number of anilines is 1. The second-order valence-electron chi connectivity index (χ2n) is 4.30. The summed E-state index contributed by atoms with van der Waals surface area (Å²) in [7, 11) is 0. The fourth-order valence-electron chi connectivity index (χ4n) is 1.91. The van der Waals surface area contributed by atoms with Crippen LogP contribution >= 0.6 is 0 Å². The Kier molecular flexibility index (Phi) is 6.52. The monoisotopic (exact) mass is 294 g/mol. The molecule has 0 radical (unpaired) electrons. The maximum absolute atomic E-state index is 12.1. The van der Waals surface area contributed by atoms with Gasteiger partial charge in [0.05, 0.1) is 6.61 Å². The van der Waals surface area contributed by atoms with Crippen LogP contribution in [0, 0.1) is 0 Å². The topological polar surface area (TPSA) is 81.9 Å². The largest absolute Gasteiger partial charge is 0.493 e. The average molecular weight is 294 g/mol. The van der Waals surface area contributed by atoms with Crippen molar-refractivity contribution < 1.29 is 19.1 Å². The Morgan fingerprint density at radius 3 is 2.43 bits per heavy atom. The van der Waals surface area contributed by atoms with Crippen LogP contribution in [0.3, 0.4) is 0 Å². The molecule has 0 fully saturated rings. The van der Waals surface area contributed by atoms with Crippen LogP contribution in [0.25, 0.3) is 0 Å². The Hall–Kier alpha value is -2.24. The first kappa shape index (κ1) is 16.8. The molecule has 6 nitrogen and oxygen atoms in total. The van der Waals surface area contributed by atoms with E-state index in [0.29, 0.717) is 25.4 Å². The summed E-state index contributed by atoms with van der Waals surface area (Å²) in [4.78, 5) is 25.5. The second kappa shape index (κ2) is 8.14. The van der Waals surface area contributed by atoms with Crippen LogP contribution in [-0.4, -0.2) is 43.1 Å². The molecule has 0 bridgehead atoms. The first-order chi connectivity index (χ1) is 10.0. The van der Waals surface area contributed by atoms with Crippen molar-refractivity contribution in [3.63, 3.8) is 0 Å². The third kappa shape index (κ3) is 4.37. The van der Waals surface area contributed by atoms with E-state index in [4.69, 9.17) is 15.2 Å². The molecule has 0 saturated heterocycles. The van der Waals surface area contributed by atoms with Gasteiger partial charge in [-0.1, -0.05) is 6.07 Å². The molecule has 21 heavy (non-hydrogen) atoms. The normalized spacial score (nSPS) is 10.0. The quantitative estimate of drug-likeness (QED) is 0.611. The number of likely N-dealkylation sites (N-methyl/N-ethyl adjacent to an activating group) is 1. The van der Waals surface area contributed by atoms with Gasteiger partial charge >= 0.3 is 5.97 Å². The van der Waals surface area contributed by atoms with Crippen molar-refractivity contribution >= 4 is 17.6 Å². The Morgan fingerprint density at radius 2 is 1.86 bits per heavy atom. The molecule has 1 aromatic carbocycles. The van der Waals surface area contributed by atoms with Gasteiger partial charge in [0.1, 0.15) is 11.3 Å². The van der Waals surface area contributed by atoms with Gasteiger partial charge in [0, 0.05) is 18.8 Å².